The number of carboxylic acid groups (broad SMARTS) is 1. The van der Waals surface area contributed by atoms with Crippen molar-refractivity contribution in [2.24, 2.45) is 0 Å². The fourth-order valence-corrected chi connectivity index (χ4v) is 4.00. The van der Waals surface area contributed by atoms with Crippen molar-refractivity contribution in [3.8, 4) is 11.1 Å². The van der Waals surface area contributed by atoms with Gasteiger partial charge in [0.2, 0.25) is 0 Å². The van der Waals surface area contributed by atoms with Crippen LogP contribution in [0.5, 0.6) is 0 Å². The van der Waals surface area contributed by atoms with Gasteiger partial charge in [-0.3, -0.25) is 9.59 Å². The Morgan fingerprint density at radius 3 is 2.33 bits per heavy atom. The SMILES string of the molecule is O=C(NC(Cc1ccc(-c2cccc(Cl)c2)cc1)CC(O)C(=O)O)C(=O)N1CCC(O)CC1. The number of likely N-dealkylation sites (tertiary alicyclic amines) is 1. The summed E-state index contributed by atoms with van der Waals surface area (Å²) in [7, 11) is 0. The van der Waals surface area contributed by atoms with E-state index in [0.29, 0.717) is 17.9 Å². The summed E-state index contributed by atoms with van der Waals surface area (Å²) in [6.07, 6.45) is -1.37. The number of aliphatic hydroxyl groups is 2. The standard InChI is InChI=1S/C24H27ClN2O6/c25-18-3-1-2-17(13-18)16-6-4-15(5-7-16)12-19(14-21(29)24(32)33)26-22(30)23(31)27-10-8-20(28)9-11-27/h1-7,13,19-21,28-29H,8-12,14H2,(H,26,30)(H,32,33). The van der Waals surface area contributed by atoms with Crippen molar-refractivity contribution < 1.29 is 29.7 Å². The first-order valence-corrected chi connectivity index (χ1v) is 11.1. The van der Waals surface area contributed by atoms with E-state index in [4.69, 9.17) is 16.7 Å². The lowest BCUT2D eigenvalue weighted by Crippen LogP contribution is -2.50. The number of hydrogen-bond acceptors (Lipinski definition) is 5. The Morgan fingerprint density at radius 2 is 1.73 bits per heavy atom. The monoisotopic (exact) mass is 474 g/mol. The number of nitrogens with zero attached hydrogens (tertiary/aromatic N) is 1. The molecule has 2 unspecified atom stereocenters. The second kappa shape index (κ2) is 11.3. The van der Waals surface area contributed by atoms with E-state index >= 15 is 0 Å². The third-order valence-electron chi connectivity index (χ3n) is 5.67. The second-order valence-corrected chi connectivity index (χ2v) is 8.63. The van der Waals surface area contributed by atoms with Crippen LogP contribution >= 0.6 is 11.6 Å². The average Bonchev–Trinajstić information content (AvgIpc) is 2.79. The predicted molar refractivity (Wildman–Crippen MR) is 123 cm³/mol. The van der Waals surface area contributed by atoms with Gasteiger partial charge in [-0.05, 0) is 48.1 Å². The molecule has 2 aromatic carbocycles. The van der Waals surface area contributed by atoms with E-state index in [-0.39, 0.29) is 25.9 Å². The minimum absolute atomic E-state index is 0.234. The van der Waals surface area contributed by atoms with E-state index in [0.717, 1.165) is 16.7 Å². The number of piperidine rings is 1. The molecule has 33 heavy (non-hydrogen) atoms. The van der Waals surface area contributed by atoms with Gasteiger partial charge in [-0.1, -0.05) is 48.0 Å². The molecule has 0 aromatic heterocycles. The van der Waals surface area contributed by atoms with Gasteiger partial charge in [0.05, 0.1) is 6.10 Å². The van der Waals surface area contributed by atoms with Crippen LogP contribution < -0.4 is 5.32 Å². The number of aliphatic hydroxyl groups excluding tert-OH is 2. The summed E-state index contributed by atoms with van der Waals surface area (Å²) in [5.41, 5.74) is 2.68. The van der Waals surface area contributed by atoms with Crippen LogP contribution in [0.25, 0.3) is 11.1 Å². The largest absolute Gasteiger partial charge is 0.479 e. The van der Waals surface area contributed by atoms with Crippen molar-refractivity contribution in [3.05, 3.63) is 59.1 Å². The maximum Gasteiger partial charge on any atom is 0.332 e. The third kappa shape index (κ3) is 7.02. The lowest BCUT2D eigenvalue weighted by Gasteiger charge is -2.29. The van der Waals surface area contributed by atoms with Gasteiger partial charge < -0.3 is 25.5 Å². The number of carboxylic acids is 1. The highest BCUT2D eigenvalue weighted by Crippen LogP contribution is 2.23. The third-order valence-corrected chi connectivity index (χ3v) is 5.90. The minimum Gasteiger partial charge on any atom is -0.479 e. The predicted octanol–water partition coefficient (Wildman–Crippen LogP) is 1.85. The number of amides is 2. The van der Waals surface area contributed by atoms with Gasteiger partial charge in [-0.2, -0.15) is 0 Å². The topological polar surface area (TPSA) is 127 Å². The fraction of sp³-hybridized carbons (Fsp3) is 0.375. The zero-order valence-corrected chi connectivity index (χ0v) is 18.7. The molecular formula is C24H27ClN2O6. The second-order valence-electron chi connectivity index (χ2n) is 8.19. The van der Waals surface area contributed by atoms with Crippen molar-refractivity contribution in [3.63, 3.8) is 0 Å². The van der Waals surface area contributed by atoms with Crippen LogP contribution in [-0.2, 0) is 20.8 Å². The Balaban J connectivity index is 1.69. The molecule has 0 radical (unpaired) electrons. The van der Waals surface area contributed by atoms with Crippen LogP contribution in [0.1, 0.15) is 24.8 Å². The van der Waals surface area contributed by atoms with Gasteiger partial charge >= 0.3 is 17.8 Å². The van der Waals surface area contributed by atoms with Gasteiger partial charge in [0.1, 0.15) is 0 Å². The van der Waals surface area contributed by atoms with E-state index in [9.17, 15) is 24.6 Å². The first kappa shape index (κ1) is 24.7. The zero-order chi connectivity index (χ0) is 24.0. The molecule has 1 fully saturated rings. The van der Waals surface area contributed by atoms with Gasteiger partial charge in [0.25, 0.3) is 0 Å². The molecule has 1 heterocycles. The van der Waals surface area contributed by atoms with E-state index in [1.807, 2.05) is 42.5 Å². The van der Waals surface area contributed by atoms with Crippen LogP contribution in [0.2, 0.25) is 5.02 Å². The van der Waals surface area contributed by atoms with Gasteiger partial charge in [0, 0.05) is 30.6 Å². The lowest BCUT2D eigenvalue weighted by atomic mass is 9.97. The molecule has 0 spiro atoms. The number of rotatable bonds is 7. The maximum absolute atomic E-state index is 12.5. The number of hydrogen-bond donors (Lipinski definition) is 4. The Labute approximate surface area is 196 Å². The van der Waals surface area contributed by atoms with E-state index in [1.54, 1.807) is 6.07 Å². The number of carbonyl (C=O) groups is 3. The van der Waals surface area contributed by atoms with Crippen molar-refractivity contribution in [1.82, 2.24) is 10.2 Å². The minimum atomic E-state index is -1.68. The summed E-state index contributed by atoms with van der Waals surface area (Å²) in [5.74, 6) is -2.99. The Kier molecular flexibility index (Phi) is 8.43. The number of aliphatic carboxylic acids is 1. The zero-order valence-electron chi connectivity index (χ0n) is 18.0. The van der Waals surface area contributed by atoms with E-state index < -0.39 is 36.0 Å². The number of benzene rings is 2. The molecule has 2 aromatic rings. The van der Waals surface area contributed by atoms with Crippen molar-refractivity contribution >= 4 is 29.4 Å². The highest BCUT2D eigenvalue weighted by atomic mass is 35.5. The smallest absolute Gasteiger partial charge is 0.332 e. The van der Waals surface area contributed by atoms with Crippen LogP contribution in [0, 0.1) is 0 Å². The van der Waals surface area contributed by atoms with Gasteiger partial charge in [-0.15, -0.1) is 0 Å². The van der Waals surface area contributed by atoms with Gasteiger partial charge in [-0.25, -0.2) is 4.79 Å². The summed E-state index contributed by atoms with van der Waals surface area (Å²) in [4.78, 5) is 37.5. The summed E-state index contributed by atoms with van der Waals surface area (Å²) >= 11 is 6.05. The first-order valence-electron chi connectivity index (χ1n) is 10.8. The molecule has 0 bridgehead atoms. The molecule has 2 atom stereocenters. The highest BCUT2D eigenvalue weighted by molar-refractivity contribution is 6.35. The average molecular weight is 475 g/mol. The molecule has 176 valence electrons. The fourth-order valence-electron chi connectivity index (χ4n) is 3.81. The molecule has 1 saturated heterocycles. The summed E-state index contributed by atoms with van der Waals surface area (Å²) in [5, 5.41) is 31.7. The quantitative estimate of drug-likeness (QED) is 0.453. The maximum atomic E-state index is 12.5. The molecule has 9 heteroatoms. The molecule has 4 N–H and O–H groups in total. The molecular weight excluding hydrogens is 448 g/mol. The Bertz CT molecular complexity index is 989. The van der Waals surface area contributed by atoms with Crippen LogP contribution in [0.4, 0.5) is 0 Å². The molecule has 0 saturated carbocycles. The Hall–Kier alpha value is -2.94. The molecule has 2 amide bonds. The van der Waals surface area contributed by atoms with Crippen molar-refractivity contribution in [1.29, 1.82) is 0 Å². The molecule has 1 aliphatic heterocycles. The van der Waals surface area contributed by atoms with Crippen LogP contribution in [-0.4, -0.2) is 69.3 Å². The Morgan fingerprint density at radius 1 is 1.06 bits per heavy atom. The molecule has 1 aliphatic rings. The highest BCUT2D eigenvalue weighted by Gasteiger charge is 2.29. The van der Waals surface area contributed by atoms with Crippen molar-refractivity contribution in [2.45, 2.75) is 43.9 Å². The van der Waals surface area contributed by atoms with E-state index in [1.165, 1.54) is 4.90 Å². The number of nitrogens with one attached hydrogen (secondary N) is 1. The molecule has 3 rings (SSSR count). The lowest BCUT2D eigenvalue weighted by molar-refractivity contribution is -0.149. The number of carbonyl (C=O) groups excluding carboxylic acids is 2. The van der Waals surface area contributed by atoms with Gasteiger partial charge in [0.15, 0.2) is 6.10 Å². The van der Waals surface area contributed by atoms with E-state index in [2.05, 4.69) is 5.32 Å². The van der Waals surface area contributed by atoms with Crippen LogP contribution in [0.15, 0.2) is 48.5 Å². The van der Waals surface area contributed by atoms with Crippen molar-refractivity contribution in [2.75, 3.05) is 13.1 Å². The summed E-state index contributed by atoms with van der Waals surface area (Å²) in [6.45, 7) is 0.557. The summed E-state index contributed by atoms with van der Waals surface area (Å²) in [6, 6.07) is 14.1. The summed E-state index contributed by atoms with van der Waals surface area (Å²) < 4.78 is 0. The normalized spacial score (nSPS) is 16.2. The number of halogens is 1. The van der Waals surface area contributed by atoms with Crippen LogP contribution in [0.3, 0.4) is 0 Å². The molecule has 8 nitrogen and oxygen atoms in total. The first-order chi connectivity index (χ1) is 15.7. The molecule has 0 aliphatic carbocycles.